The van der Waals surface area contributed by atoms with Crippen molar-refractivity contribution in [2.75, 3.05) is 5.32 Å². The van der Waals surface area contributed by atoms with Gasteiger partial charge >= 0.3 is 0 Å². The molecule has 6 nitrogen and oxygen atoms in total. The van der Waals surface area contributed by atoms with Crippen LogP contribution in [0.25, 0.3) is 10.7 Å². The third kappa shape index (κ3) is 3.41. The molecule has 0 aliphatic carbocycles. The molecule has 25 heavy (non-hydrogen) atoms. The normalized spacial score (nSPS) is 13.0. The number of hydrogen-bond acceptors (Lipinski definition) is 5. The van der Waals surface area contributed by atoms with Crippen LogP contribution in [0.4, 0.5) is 5.69 Å². The Morgan fingerprint density at radius 2 is 2.24 bits per heavy atom. The first-order valence-electron chi connectivity index (χ1n) is 7.89. The molecule has 1 amide bonds. The fourth-order valence-electron chi connectivity index (χ4n) is 2.81. The van der Waals surface area contributed by atoms with Gasteiger partial charge in [0.25, 0.3) is 0 Å². The van der Waals surface area contributed by atoms with Gasteiger partial charge in [0.15, 0.2) is 10.6 Å². The summed E-state index contributed by atoms with van der Waals surface area (Å²) in [5.41, 5.74) is 3.11. The number of carbonyl (C=O) groups excluding carboxylic acids is 1. The second-order valence-corrected chi connectivity index (χ2v) is 7.09. The summed E-state index contributed by atoms with van der Waals surface area (Å²) in [6.07, 6.45) is 0.319. The van der Waals surface area contributed by atoms with E-state index in [2.05, 4.69) is 15.5 Å². The molecule has 128 valence electrons. The van der Waals surface area contributed by atoms with Gasteiger partial charge in [-0.15, -0.1) is 11.3 Å². The Labute approximate surface area is 153 Å². The second kappa shape index (κ2) is 6.91. The molecule has 4 rings (SSSR count). The molecular formula is C17H16N4O2S2. The van der Waals surface area contributed by atoms with E-state index in [4.69, 9.17) is 17.0 Å². The minimum Gasteiger partial charge on any atom is -0.372 e. The van der Waals surface area contributed by atoms with E-state index in [1.54, 1.807) is 11.3 Å². The third-order valence-corrected chi connectivity index (χ3v) is 5.24. The van der Waals surface area contributed by atoms with Gasteiger partial charge in [-0.1, -0.05) is 12.1 Å². The molecule has 0 unspecified atom stereocenters. The van der Waals surface area contributed by atoms with Crippen LogP contribution in [0.2, 0.25) is 0 Å². The van der Waals surface area contributed by atoms with E-state index in [1.165, 1.54) is 5.56 Å². The van der Waals surface area contributed by atoms with Crippen LogP contribution in [0, 0.1) is 4.77 Å². The van der Waals surface area contributed by atoms with E-state index in [0.717, 1.165) is 22.0 Å². The Kier molecular flexibility index (Phi) is 4.48. The number of rotatable bonds is 5. The van der Waals surface area contributed by atoms with Gasteiger partial charge in [0, 0.05) is 18.7 Å². The lowest BCUT2D eigenvalue weighted by molar-refractivity contribution is -0.116. The standard InChI is InChI=1S/C17H16N4O2S2/c22-15(18-13-4-3-11-9-23-10-12(11)8-13)5-6-21-16(19-20-17(21)24)14-2-1-7-25-14/h1-4,7-8H,5-6,9-10H2,(H,18,22)(H,20,24). The van der Waals surface area contributed by atoms with Gasteiger partial charge in [-0.3, -0.25) is 14.5 Å². The monoisotopic (exact) mass is 372 g/mol. The lowest BCUT2D eigenvalue weighted by Crippen LogP contribution is -2.15. The van der Waals surface area contributed by atoms with Gasteiger partial charge in [0.2, 0.25) is 5.91 Å². The molecule has 3 aromatic rings. The number of nitrogens with one attached hydrogen (secondary N) is 2. The quantitative estimate of drug-likeness (QED) is 0.670. The van der Waals surface area contributed by atoms with Crippen LogP contribution in [0.5, 0.6) is 0 Å². The Bertz CT molecular complexity index is 959. The highest BCUT2D eigenvalue weighted by Gasteiger charge is 2.14. The maximum Gasteiger partial charge on any atom is 0.226 e. The Morgan fingerprint density at radius 1 is 1.36 bits per heavy atom. The molecule has 0 saturated carbocycles. The van der Waals surface area contributed by atoms with Gasteiger partial charge in [-0.25, -0.2) is 0 Å². The molecule has 0 saturated heterocycles. The maximum absolute atomic E-state index is 12.3. The molecule has 8 heteroatoms. The van der Waals surface area contributed by atoms with Crippen LogP contribution in [0.1, 0.15) is 17.5 Å². The first-order chi connectivity index (χ1) is 12.2. The Hall–Kier alpha value is -2.29. The van der Waals surface area contributed by atoms with E-state index in [0.29, 0.717) is 31.0 Å². The summed E-state index contributed by atoms with van der Waals surface area (Å²) in [4.78, 5) is 13.3. The minimum atomic E-state index is -0.0564. The van der Waals surface area contributed by atoms with E-state index in [-0.39, 0.29) is 5.91 Å². The van der Waals surface area contributed by atoms with Crippen molar-refractivity contribution in [1.29, 1.82) is 0 Å². The van der Waals surface area contributed by atoms with Crippen molar-refractivity contribution >= 4 is 35.1 Å². The van der Waals surface area contributed by atoms with Crippen LogP contribution in [0.3, 0.4) is 0 Å². The summed E-state index contributed by atoms with van der Waals surface area (Å²) in [7, 11) is 0. The van der Waals surface area contributed by atoms with E-state index < -0.39 is 0 Å². The van der Waals surface area contributed by atoms with Crippen molar-refractivity contribution in [3.8, 4) is 10.7 Å². The van der Waals surface area contributed by atoms with Gasteiger partial charge in [0.05, 0.1) is 18.1 Å². The zero-order valence-electron chi connectivity index (χ0n) is 13.3. The second-order valence-electron chi connectivity index (χ2n) is 5.76. The Balaban J connectivity index is 1.43. The molecule has 0 radical (unpaired) electrons. The number of H-pyrrole nitrogens is 1. The topological polar surface area (TPSA) is 71.9 Å². The third-order valence-electron chi connectivity index (χ3n) is 4.07. The molecule has 0 fully saturated rings. The number of benzene rings is 1. The average molecular weight is 372 g/mol. The zero-order chi connectivity index (χ0) is 17.2. The van der Waals surface area contributed by atoms with Crippen LogP contribution < -0.4 is 5.32 Å². The highest BCUT2D eigenvalue weighted by Crippen LogP contribution is 2.24. The van der Waals surface area contributed by atoms with Crippen molar-refractivity contribution in [1.82, 2.24) is 14.8 Å². The number of aromatic amines is 1. The maximum atomic E-state index is 12.3. The van der Waals surface area contributed by atoms with Crippen molar-refractivity contribution in [3.63, 3.8) is 0 Å². The summed E-state index contributed by atoms with van der Waals surface area (Å²) in [5, 5.41) is 12.0. The largest absolute Gasteiger partial charge is 0.372 e. The summed E-state index contributed by atoms with van der Waals surface area (Å²) >= 11 is 6.88. The molecular weight excluding hydrogens is 356 g/mol. The first-order valence-corrected chi connectivity index (χ1v) is 9.18. The summed E-state index contributed by atoms with van der Waals surface area (Å²) < 4.78 is 7.77. The van der Waals surface area contributed by atoms with E-state index in [1.807, 2.05) is 40.3 Å². The molecule has 0 spiro atoms. The van der Waals surface area contributed by atoms with E-state index >= 15 is 0 Å². The molecule has 1 aromatic carbocycles. The minimum absolute atomic E-state index is 0.0564. The van der Waals surface area contributed by atoms with Crippen LogP contribution >= 0.6 is 23.6 Å². The average Bonchev–Trinajstić information content (AvgIpc) is 3.33. The first kappa shape index (κ1) is 16.2. The number of anilines is 1. The number of ether oxygens (including phenoxy) is 1. The number of amides is 1. The number of fused-ring (bicyclic) bond motifs is 1. The van der Waals surface area contributed by atoms with Gasteiger partial charge in [0.1, 0.15) is 0 Å². The fraction of sp³-hybridized carbons (Fsp3) is 0.235. The SMILES string of the molecule is O=C(CCn1c(-c2cccs2)n[nH]c1=S)Nc1ccc2c(c1)COC2. The summed E-state index contributed by atoms with van der Waals surface area (Å²) in [6.45, 7) is 1.73. The van der Waals surface area contributed by atoms with Gasteiger partial charge < -0.3 is 10.1 Å². The number of carbonyl (C=O) groups is 1. The molecule has 1 aliphatic heterocycles. The van der Waals surface area contributed by atoms with Crippen molar-refractivity contribution in [3.05, 3.63) is 51.6 Å². The highest BCUT2D eigenvalue weighted by molar-refractivity contribution is 7.71. The molecule has 0 atom stereocenters. The lowest BCUT2D eigenvalue weighted by Gasteiger charge is -2.08. The van der Waals surface area contributed by atoms with Crippen molar-refractivity contribution in [2.24, 2.45) is 0 Å². The molecule has 1 aliphatic rings. The Morgan fingerprint density at radius 3 is 3.08 bits per heavy atom. The van der Waals surface area contributed by atoms with Crippen LogP contribution in [-0.4, -0.2) is 20.7 Å². The molecule has 2 aromatic heterocycles. The highest BCUT2D eigenvalue weighted by atomic mass is 32.1. The zero-order valence-corrected chi connectivity index (χ0v) is 15.0. The summed E-state index contributed by atoms with van der Waals surface area (Å²) in [6, 6.07) is 9.83. The van der Waals surface area contributed by atoms with Crippen molar-refractivity contribution in [2.45, 2.75) is 26.2 Å². The van der Waals surface area contributed by atoms with Gasteiger partial charge in [-0.05, 0) is 46.9 Å². The van der Waals surface area contributed by atoms with Crippen LogP contribution in [-0.2, 0) is 29.3 Å². The number of thiophene rings is 1. The smallest absolute Gasteiger partial charge is 0.226 e. The number of aromatic nitrogens is 3. The van der Waals surface area contributed by atoms with E-state index in [9.17, 15) is 4.79 Å². The molecule has 0 bridgehead atoms. The fourth-order valence-corrected chi connectivity index (χ4v) is 3.75. The molecule has 3 heterocycles. The number of hydrogen-bond donors (Lipinski definition) is 2. The number of nitrogens with zero attached hydrogens (tertiary/aromatic N) is 2. The summed E-state index contributed by atoms with van der Waals surface area (Å²) in [5.74, 6) is 0.710. The van der Waals surface area contributed by atoms with Crippen molar-refractivity contribution < 1.29 is 9.53 Å². The molecule has 2 N–H and O–H groups in total. The van der Waals surface area contributed by atoms with Gasteiger partial charge in [-0.2, -0.15) is 5.10 Å². The predicted octanol–water partition coefficient (Wildman–Crippen LogP) is 3.73. The van der Waals surface area contributed by atoms with Crippen LogP contribution in [0.15, 0.2) is 35.7 Å². The lowest BCUT2D eigenvalue weighted by atomic mass is 10.1. The predicted molar refractivity (Wildman–Crippen MR) is 98.9 cm³/mol.